The van der Waals surface area contributed by atoms with Crippen LogP contribution in [0, 0.1) is 13.8 Å². The third-order valence-corrected chi connectivity index (χ3v) is 5.41. The Labute approximate surface area is 169 Å². The second kappa shape index (κ2) is 8.03. The van der Waals surface area contributed by atoms with Gasteiger partial charge in [0.1, 0.15) is 11.2 Å². The molecule has 0 unspecified atom stereocenters. The first-order chi connectivity index (χ1) is 13.6. The molecule has 0 fully saturated rings. The molecule has 0 saturated carbocycles. The van der Waals surface area contributed by atoms with Crippen molar-refractivity contribution in [1.29, 1.82) is 0 Å². The number of carbonyl (C=O) groups excluding carboxylic acids is 1. The van der Waals surface area contributed by atoms with Crippen LogP contribution in [-0.4, -0.2) is 24.2 Å². The van der Waals surface area contributed by atoms with Gasteiger partial charge in [-0.15, -0.1) is 0 Å². The maximum Gasteiger partial charge on any atom is 0.339 e. The van der Waals surface area contributed by atoms with Crippen LogP contribution in [0.25, 0.3) is 21.9 Å². The molecule has 0 radical (unpaired) electrons. The van der Waals surface area contributed by atoms with E-state index < -0.39 is 5.63 Å². The van der Waals surface area contributed by atoms with Crippen LogP contribution in [0.15, 0.2) is 26.0 Å². The molecule has 6 nitrogen and oxygen atoms in total. The topological polar surface area (TPSA) is 92.7 Å². The van der Waals surface area contributed by atoms with E-state index in [0.29, 0.717) is 30.5 Å². The molecule has 0 saturated heterocycles. The number of aliphatic hydroxyl groups excluding tert-OH is 1. The fourth-order valence-corrected chi connectivity index (χ4v) is 3.70. The van der Waals surface area contributed by atoms with Gasteiger partial charge in [-0.3, -0.25) is 4.79 Å². The van der Waals surface area contributed by atoms with Gasteiger partial charge in [0, 0.05) is 47.0 Å². The number of amides is 1. The molecule has 0 aliphatic rings. The van der Waals surface area contributed by atoms with Crippen LogP contribution in [0.3, 0.4) is 0 Å². The van der Waals surface area contributed by atoms with E-state index in [4.69, 9.17) is 13.9 Å². The molecular weight excluding hydrogens is 370 g/mol. The van der Waals surface area contributed by atoms with Crippen LogP contribution >= 0.6 is 0 Å². The van der Waals surface area contributed by atoms with Crippen molar-refractivity contribution < 1.29 is 18.7 Å². The monoisotopic (exact) mass is 399 g/mol. The Bertz CT molecular complexity index is 1110. The Morgan fingerprint density at radius 1 is 1.14 bits per heavy atom. The highest BCUT2D eigenvalue weighted by atomic mass is 16.4. The first-order valence-corrected chi connectivity index (χ1v) is 10.00. The molecule has 1 amide bonds. The van der Waals surface area contributed by atoms with Gasteiger partial charge in [-0.05, 0) is 43.7 Å². The quantitative estimate of drug-likeness (QED) is 0.485. The molecular formula is C23H29NO5. The number of furan rings is 1. The number of benzene rings is 1. The van der Waals surface area contributed by atoms with Gasteiger partial charge in [0.15, 0.2) is 0 Å². The molecule has 1 aromatic carbocycles. The lowest BCUT2D eigenvalue weighted by molar-refractivity contribution is -0.121. The Morgan fingerprint density at radius 2 is 1.86 bits per heavy atom. The molecule has 0 atom stereocenters. The maximum absolute atomic E-state index is 12.6. The highest BCUT2D eigenvalue weighted by Crippen LogP contribution is 2.37. The zero-order valence-electron chi connectivity index (χ0n) is 17.8. The second-order valence-electron chi connectivity index (χ2n) is 8.57. The largest absolute Gasteiger partial charge is 0.464 e. The van der Waals surface area contributed by atoms with Gasteiger partial charge in [-0.2, -0.15) is 0 Å². The third kappa shape index (κ3) is 4.08. The smallest absolute Gasteiger partial charge is 0.339 e. The van der Waals surface area contributed by atoms with Crippen molar-refractivity contribution in [2.24, 2.45) is 0 Å². The molecule has 3 rings (SSSR count). The van der Waals surface area contributed by atoms with E-state index in [1.807, 2.05) is 19.9 Å². The predicted octanol–water partition coefficient (Wildman–Crippen LogP) is 3.88. The summed E-state index contributed by atoms with van der Waals surface area (Å²) < 4.78 is 11.5. The first-order valence-electron chi connectivity index (χ1n) is 10.00. The maximum atomic E-state index is 12.6. The van der Waals surface area contributed by atoms with Crippen LogP contribution in [0.5, 0.6) is 0 Å². The summed E-state index contributed by atoms with van der Waals surface area (Å²) >= 11 is 0. The van der Waals surface area contributed by atoms with Crippen LogP contribution in [0.2, 0.25) is 0 Å². The van der Waals surface area contributed by atoms with Gasteiger partial charge in [0.25, 0.3) is 0 Å². The lowest BCUT2D eigenvalue weighted by Crippen LogP contribution is -2.26. The van der Waals surface area contributed by atoms with Crippen LogP contribution in [-0.2, 0) is 16.6 Å². The number of nitrogens with one attached hydrogen (secondary N) is 1. The molecule has 3 aromatic rings. The number of hydrogen-bond acceptors (Lipinski definition) is 5. The summed E-state index contributed by atoms with van der Waals surface area (Å²) in [6.07, 6.45) is 2.80. The predicted molar refractivity (Wildman–Crippen MR) is 113 cm³/mol. The fraction of sp³-hybridized carbons (Fsp3) is 0.478. The minimum absolute atomic E-state index is 0.0338. The van der Waals surface area contributed by atoms with Crippen LogP contribution < -0.4 is 10.9 Å². The Hall–Kier alpha value is -2.60. The molecule has 29 heavy (non-hydrogen) atoms. The zero-order chi connectivity index (χ0) is 21.3. The molecule has 0 bridgehead atoms. The van der Waals surface area contributed by atoms with E-state index in [2.05, 4.69) is 26.1 Å². The van der Waals surface area contributed by atoms with E-state index in [0.717, 1.165) is 33.0 Å². The number of hydrogen-bond donors (Lipinski definition) is 2. The Balaban J connectivity index is 2.04. The van der Waals surface area contributed by atoms with Crippen LogP contribution in [0.4, 0.5) is 0 Å². The summed E-state index contributed by atoms with van der Waals surface area (Å²) in [6, 6.07) is 2.03. The zero-order valence-corrected chi connectivity index (χ0v) is 17.8. The van der Waals surface area contributed by atoms with Crippen molar-refractivity contribution in [2.75, 3.05) is 13.2 Å². The van der Waals surface area contributed by atoms with Gasteiger partial charge in [-0.25, -0.2) is 4.79 Å². The van der Waals surface area contributed by atoms with Gasteiger partial charge < -0.3 is 19.3 Å². The van der Waals surface area contributed by atoms with Crippen LogP contribution in [0.1, 0.15) is 55.9 Å². The van der Waals surface area contributed by atoms with E-state index in [1.54, 1.807) is 6.26 Å². The highest BCUT2D eigenvalue weighted by Gasteiger charge is 2.23. The summed E-state index contributed by atoms with van der Waals surface area (Å²) in [4.78, 5) is 24.6. The SMILES string of the molecule is Cc1c(CCC(=O)NCCCO)c(=O)oc2c(C)c3occ(C(C)(C)C)c3cc12. The number of carbonyl (C=O) groups is 1. The fourth-order valence-electron chi connectivity index (χ4n) is 3.70. The molecule has 2 heterocycles. The van der Waals surface area contributed by atoms with Gasteiger partial charge in [0.2, 0.25) is 5.91 Å². The second-order valence-corrected chi connectivity index (χ2v) is 8.57. The Morgan fingerprint density at radius 3 is 2.52 bits per heavy atom. The standard InChI is InChI=1S/C23H29NO5/c1-13-15(7-8-19(26)24-9-6-10-25)22(27)29-21-14(2)20-17(11-16(13)21)18(12-28-20)23(3,4)5/h11-12,25H,6-10H2,1-5H3,(H,24,26). The molecule has 6 heteroatoms. The van der Waals surface area contributed by atoms with Crippen molar-refractivity contribution in [3.05, 3.63) is 45.0 Å². The minimum atomic E-state index is -0.414. The summed E-state index contributed by atoms with van der Waals surface area (Å²) in [5.41, 5.74) is 4.05. The molecule has 0 aliphatic heterocycles. The summed E-state index contributed by atoms with van der Waals surface area (Å²) in [7, 11) is 0. The van der Waals surface area contributed by atoms with Crippen molar-refractivity contribution in [3.63, 3.8) is 0 Å². The molecule has 0 spiro atoms. The average molecular weight is 399 g/mol. The van der Waals surface area contributed by atoms with Crippen molar-refractivity contribution in [1.82, 2.24) is 5.32 Å². The molecule has 2 N–H and O–H groups in total. The average Bonchev–Trinajstić information content (AvgIpc) is 3.08. The lowest BCUT2D eigenvalue weighted by Gasteiger charge is -2.17. The highest BCUT2D eigenvalue weighted by molar-refractivity contribution is 6.00. The third-order valence-electron chi connectivity index (χ3n) is 5.41. The Kier molecular flexibility index (Phi) is 5.85. The number of aliphatic hydroxyl groups is 1. The van der Waals surface area contributed by atoms with E-state index in [1.165, 1.54) is 0 Å². The van der Waals surface area contributed by atoms with E-state index >= 15 is 0 Å². The lowest BCUT2D eigenvalue weighted by atomic mass is 9.86. The van der Waals surface area contributed by atoms with Crippen molar-refractivity contribution in [2.45, 2.75) is 59.3 Å². The summed E-state index contributed by atoms with van der Waals surface area (Å²) in [5.74, 6) is -0.145. The van der Waals surface area contributed by atoms with Crippen molar-refractivity contribution in [3.8, 4) is 0 Å². The number of rotatable bonds is 6. The molecule has 0 aliphatic carbocycles. The summed E-state index contributed by atoms with van der Waals surface area (Å²) in [6.45, 7) is 10.7. The van der Waals surface area contributed by atoms with Gasteiger partial charge >= 0.3 is 5.63 Å². The van der Waals surface area contributed by atoms with Gasteiger partial charge in [-0.1, -0.05) is 20.8 Å². The molecule has 2 aromatic heterocycles. The number of aryl methyl sites for hydroxylation is 2. The summed E-state index contributed by atoms with van der Waals surface area (Å²) in [5, 5.41) is 13.4. The van der Waals surface area contributed by atoms with E-state index in [9.17, 15) is 9.59 Å². The number of fused-ring (bicyclic) bond motifs is 2. The van der Waals surface area contributed by atoms with Crippen molar-refractivity contribution >= 4 is 27.8 Å². The molecule has 156 valence electrons. The minimum Gasteiger partial charge on any atom is -0.464 e. The first kappa shape index (κ1) is 21.1. The normalized spacial score (nSPS) is 12.1. The van der Waals surface area contributed by atoms with E-state index in [-0.39, 0.29) is 24.3 Å². The van der Waals surface area contributed by atoms with Gasteiger partial charge in [0.05, 0.1) is 6.26 Å².